The molecule has 1 aliphatic rings. The average molecular weight is 265 g/mol. The highest BCUT2D eigenvalue weighted by molar-refractivity contribution is 6.31. The van der Waals surface area contributed by atoms with Gasteiger partial charge in [0.15, 0.2) is 0 Å². The van der Waals surface area contributed by atoms with E-state index in [4.69, 9.17) is 11.6 Å². The van der Waals surface area contributed by atoms with Crippen molar-refractivity contribution < 1.29 is 5.11 Å². The zero-order chi connectivity index (χ0) is 13.1. The molecule has 0 saturated heterocycles. The van der Waals surface area contributed by atoms with Crippen LogP contribution >= 0.6 is 11.6 Å². The van der Waals surface area contributed by atoms with E-state index in [1.165, 1.54) is 5.57 Å². The molecule has 0 saturated carbocycles. The van der Waals surface area contributed by atoms with E-state index in [1.807, 2.05) is 24.3 Å². The molecule has 0 spiro atoms. The molecule has 1 nitrogen and oxygen atoms in total. The van der Waals surface area contributed by atoms with Crippen molar-refractivity contribution in [3.63, 3.8) is 0 Å². The second kappa shape index (κ2) is 5.90. The van der Waals surface area contributed by atoms with Gasteiger partial charge < -0.3 is 5.11 Å². The van der Waals surface area contributed by atoms with Crippen LogP contribution in [0.5, 0.6) is 0 Å². The molecular weight excluding hydrogens is 244 g/mol. The van der Waals surface area contributed by atoms with Gasteiger partial charge in [0.2, 0.25) is 0 Å². The van der Waals surface area contributed by atoms with Crippen LogP contribution in [0.2, 0.25) is 5.02 Å². The highest BCUT2D eigenvalue weighted by Crippen LogP contribution is 2.32. The topological polar surface area (TPSA) is 20.2 Å². The number of benzene rings is 1. The minimum absolute atomic E-state index is 0.295. The van der Waals surface area contributed by atoms with Crippen molar-refractivity contribution in [2.24, 2.45) is 11.8 Å². The fourth-order valence-electron chi connectivity index (χ4n) is 2.95. The van der Waals surface area contributed by atoms with E-state index in [9.17, 15) is 5.11 Å². The summed E-state index contributed by atoms with van der Waals surface area (Å²) < 4.78 is 0. The maximum Gasteiger partial charge on any atom is 0.0612 e. The molecule has 0 radical (unpaired) electrons. The van der Waals surface area contributed by atoms with Crippen molar-refractivity contribution in [3.8, 4) is 0 Å². The van der Waals surface area contributed by atoms with Crippen molar-refractivity contribution in [1.29, 1.82) is 0 Å². The fraction of sp³-hybridized carbons (Fsp3) is 0.500. The maximum atomic E-state index is 10.4. The van der Waals surface area contributed by atoms with E-state index >= 15 is 0 Å². The third kappa shape index (κ3) is 3.37. The molecule has 0 amide bonds. The quantitative estimate of drug-likeness (QED) is 0.810. The first kappa shape index (κ1) is 13.6. The summed E-state index contributed by atoms with van der Waals surface area (Å²) in [6.07, 6.45) is 4.76. The van der Waals surface area contributed by atoms with E-state index in [2.05, 4.69) is 19.9 Å². The fourth-order valence-corrected chi connectivity index (χ4v) is 3.16. The van der Waals surface area contributed by atoms with Gasteiger partial charge in [0.1, 0.15) is 0 Å². The average Bonchev–Trinajstić information content (AvgIpc) is 2.31. The summed E-state index contributed by atoms with van der Waals surface area (Å²) in [4.78, 5) is 0. The van der Waals surface area contributed by atoms with Crippen LogP contribution in [0.4, 0.5) is 0 Å². The Morgan fingerprint density at radius 3 is 2.78 bits per heavy atom. The molecule has 1 aromatic rings. The molecule has 0 bridgehead atoms. The van der Waals surface area contributed by atoms with Crippen LogP contribution in [-0.4, -0.2) is 11.2 Å². The van der Waals surface area contributed by atoms with Gasteiger partial charge in [-0.1, -0.05) is 48.4 Å². The first-order valence-electron chi connectivity index (χ1n) is 6.65. The summed E-state index contributed by atoms with van der Waals surface area (Å²) in [6.45, 7) is 4.38. The molecule has 3 atom stereocenters. The van der Waals surface area contributed by atoms with E-state index in [1.54, 1.807) is 0 Å². The summed E-state index contributed by atoms with van der Waals surface area (Å²) in [5.41, 5.74) is 2.45. The van der Waals surface area contributed by atoms with Gasteiger partial charge in [-0.05, 0) is 43.2 Å². The standard InChI is InChI=1S/C16H21ClO/c1-11-7-12(2)9-14(8-11)16(18)10-13-5-3-4-6-15(13)17/h3-7,11,14,16,18H,8-10H2,1-2H3. The molecule has 18 heavy (non-hydrogen) atoms. The number of aliphatic hydroxyl groups excluding tert-OH is 1. The number of rotatable bonds is 3. The van der Waals surface area contributed by atoms with Crippen LogP contribution in [0, 0.1) is 11.8 Å². The molecule has 0 fully saturated rings. The van der Waals surface area contributed by atoms with Gasteiger partial charge in [-0.15, -0.1) is 0 Å². The number of halogens is 1. The molecule has 0 heterocycles. The van der Waals surface area contributed by atoms with Gasteiger partial charge in [0.25, 0.3) is 0 Å². The Hall–Kier alpha value is -0.790. The first-order valence-corrected chi connectivity index (χ1v) is 7.03. The Kier molecular flexibility index (Phi) is 4.47. The molecule has 2 heteroatoms. The molecular formula is C16H21ClO. The highest BCUT2D eigenvalue weighted by atomic mass is 35.5. The van der Waals surface area contributed by atoms with Crippen molar-refractivity contribution in [2.45, 2.75) is 39.2 Å². The second-order valence-corrected chi connectivity index (χ2v) is 5.96. The Balaban J connectivity index is 2.03. The lowest BCUT2D eigenvalue weighted by atomic mass is 9.79. The Bertz CT molecular complexity index is 438. The maximum absolute atomic E-state index is 10.4. The van der Waals surface area contributed by atoms with E-state index < -0.39 is 0 Å². The minimum Gasteiger partial charge on any atom is -0.392 e. The summed E-state index contributed by atoms with van der Waals surface area (Å²) in [7, 11) is 0. The first-order chi connectivity index (χ1) is 8.56. The lowest BCUT2D eigenvalue weighted by molar-refractivity contribution is 0.0932. The van der Waals surface area contributed by atoms with E-state index in [0.717, 1.165) is 23.4 Å². The molecule has 98 valence electrons. The minimum atomic E-state index is -0.295. The van der Waals surface area contributed by atoms with Crippen LogP contribution in [0.3, 0.4) is 0 Å². The lowest BCUT2D eigenvalue weighted by Gasteiger charge is -2.29. The van der Waals surface area contributed by atoms with Crippen molar-refractivity contribution in [3.05, 3.63) is 46.5 Å². The van der Waals surface area contributed by atoms with Crippen molar-refractivity contribution in [1.82, 2.24) is 0 Å². The number of aliphatic hydroxyl groups is 1. The van der Waals surface area contributed by atoms with Crippen LogP contribution in [0.25, 0.3) is 0 Å². The Morgan fingerprint density at radius 1 is 1.39 bits per heavy atom. The lowest BCUT2D eigenvalue weighted by Crippen LogP contribution is -2.27. The largest absolute Gasteiger partial charge is 0.392 e. The van der Waals surface area contributed by atoms with Gasteiger partial charge in [-0.25, -0.2) is 0 Å². The molecule has 1 aromatic carbocycles. The number of hydrogen-bond acceptors (Lipinski definition) is 1. The predicted molar refractivity (Wildman–Crippen MR) is 76.8 cm³/mol. The van der Waals surface area contributed by atoms with Crippen LogP contribution < -0.4 is 0 Å². The van der Waals surface area contributed by atoms with Crippen LogP contribution in [0.1, 0.15) is 32.3 Å². The SMILES string of the molecule is CC1=CC(C)CC(C(O)Cc2ccccc2Cl)C1. The zero-order valence-corrected chi connectivity index (χ0v) is 11.8. The number of allylic oxidation sites excluding steroid dienone is 2. The molecule has 1 N–H and O–H groups in total. The van der Waals surface area contributed by atoms with E-state index in [-0.39, 0.29) is 6.10 Å². The van der Waals surface area contributed by atoms with Gasteiger partial charge in [0, 0.05) is 11.4 Å². The van der Waals surface area contributed by atoms with Gasteiger partial charge >= 0.3 is 0 Å². The van der Waals surface area contributed by atoms with Gasteiger partial charge in [-0.2, -0.15) is 0 Å². The third-order valence-corrected chi connectivity index (χ3v) is 4.13. The third-order valence-electron chi connectivity index (χ3n) is 3.76. The Morgan fingerprint density at radius 2 is 2.11 bits per heavy atom. The summed E-state index contributed by atoms with van der Waals surface area (Å²) >= 11 is 6.14. The molecule has 1 aliphatic carbocycles. The van der Waals surface area contributed by atoms with Crippen LogP contribution in [0.15, 0.2) is 35.9 Å². The Labute approximate surface area is 114 Å². The van der Waals surface area contributed by atoms with Crippen molar-refractivity contribution in [2.75, 3.05) is 0 Å². The summed E-state index contributed by atoms with van der Waals surface area (Å²) in [5.74, 6) is 0.936. The highest BCUT2D eigenvalue weighted by Gasteiger charge is 2.25. The molecule has 2 rings (SSSR count). The molecule has 3 unspecified atom stereocenters. The normalized spacial score (nSPS) is 25.7. The zero-order valence-electron chi connectivity index (χ0n) is 11.1. The molecule has 0 aromatic heterocycles. The van der Waals surface area contributed by atoms with Gasteiger partial charge in [0.05, 0.1) is 6.10 Å². The van der Waals surface area contributed by atoms with Gasteiger partial charge in [-0.3, -0.25) is 0 Å². The van der Waals surface area contributed by atoms with E-state index in [0.29, 0.717) is 18.3 Å². The smallest absolute Gasteiger partial charge is 0.0612 e. The summed E-state index contributed by atoms with van der Waals surface area (Å²) in [5, 5.41) is 11.2. The molecule has 0 aliphatic heterocycles. The number of hydrogen-bond donors (Lipinski definition) is 1. The van der Waals surface area contributed by atoms with Crippen molar-refractivity contribution >= 4 is 11.6 Å². The van der Waals surface area contributed by atoms with Crippen LogP contribution in [-0.2, 0) is 6.42 Å². The predicted octanol–water partition coefficient (Wildman–Crippen LogP) is 4.24. The second-order valence-electron chi connectivity index (χ2n) is 5.55. The monoisotopic (exact) mass is 264 g/mol. The summed E-state index contributed by atoms with van der Waals surface area (Å²) in [6, 6.07) is 7.79.